The van der Waals surface area contributed by atoms with E-state index in [0.29, 0.717) is 17.4 Å². The van der Waals surface area contributed by atoms with Crippen LogP contribution in [0.1, 0.15) is 11.3 Å². The molecule has 0 saturated heterocycles. The smallest absolute Gasteiger partial charge is 0.123 e. The van der Waals surface area contributed by atoms with Crippen LogP contribution >= 0.6 is 11.6 Å². The highest BCUT2D eigenvalue weighted by atomic mass is 35.5. The molecule has 2 aromatic rings. The number of aryl methyl sites for hydroxylation is 1. The molecule has 18 heavy (non-hydrogen) atoms. The lowest BCUT2D eigenvalue weighted by molar-refractivity contribution is 0.887. The second kappa shape index (κ2) is 5.27. The van der Waals surface area contributed by atoms with Crippen LogP contribution in [0, 0.1) is 6.92 Å². The highest BCUT2D eigenvalue weighted by Crippen LogP contribution is 2.20. The third-order valence-electron chi connectivity index (χ3n) is 2.77. The number of benzene rings is 1. The minimum absolute atomic E-state index is 0.493. The fourth-order valence-electron chi connectivity index (χ4n) is 1.79. The number of hydrogen-bond donors (Lipinski definition) is 1. The Morgan fingerprint density at radius 2 is 2.06 bits per heavy atom. The summed E-state index contributed by atoms with van der Waals surface area (Å²) >= 11 is 6.11. The fourth-order valence-corrected chi connectivity index (χ4v) is 1.96. The molecule has 1 aromatic heterocycles. The standard InChI is InChI=1S/C14H16ClN3/c1-10-4-3-5-11(8-10)18(2)9-13-12(15)6-7-14(16)17-13/h3-8H,9H2,1-2H3,(H2,16,17). The minimum Gasteiger partial charge on any atom is -0.384 e. The van der Waals surface area contributed by atoms with Crippen LogP contribution in [0.25, 0.3) is 0 Å². The van der Waals surface area contributed by atoms with Gasteiger partial charge in [-0.1, -0.05) is 23.7 Å². The molecule has 0 fully saturated rings. The van der Waals surface area contributed by atoms with E-state index >= 15 is 0 Å². The molecule has 0 unspecified atom stereocenters. The van der Waals surface area contributed by atoms with E-state index in [9.17, 15) is 0 Å². The zero-order valence-electron chi connectivity index (χ0n) is 10.5. The van der Waals surface area contributed by atoms with Crippen molar-refractivity contribution in [2.24, 2.45) is 0 Å². The van der Waals surface area contributed by atoms with Gasteiger partial charge < -0.3 is 10.6 Å². The van der Waals surface area contributed by atoms with Crippen molar-refractivity contribution in [1.29, 1.82) is 0 Å². The second-order valence-electron chi connectivity index (χ2n) is 4.36. The zero-order chi connectivity index (χ0) is 13.1. The molecule has 0 radical (unpaired) electrons. The van der Waals surface area contributed by atoms with Gasteiger partial charge in [-0.2, -0.15) is 0 Å². The summed E-state index contributed by atoms with van der Waals surface area (Å²) < 4.78 is 0. The molecule has 1 heterocycles. The van der Waals surface area contributed by atoms with Crippen LogP contribution in [0.2, 0.25) is 5.02 Å². The summed E-state index contributed by atoms with van der Waals surface area (Å²) in [5.41, 5.74) is 8.83. The number of anilines is 2. The van der Waals surface area contributed by atoms with Gasteiger partial charge in [0.1, 0.15) is 5.82 Å². The van der Waals surface area contributed by atoms with Crippen LogP contribution < -0.4 is 10.6 Å². The van der Waals surface area contributed by atoms with Crippen molar-refractivity contribution in [2.45, 2.75) is 13.5 Å². The number of nitrogen functional groups attached to an aromatic ring is 1. The van der Waals surface area contributed by atoms with Crippen molar-refractivity contribution in [3.8, 4) is 0 Å². The maximum Gasteiger partial charge on any atom is 0.123 e. The van der Waals surface area contributed by atoms with Gasteiger partial charge in [0.15, 0.2) is 0 Å². The van der Waals surface area contributed by atoms with Crippen LogP contribution in [-0.4, -0.2) is 12.0 Å². The van der Waals surface area contributed by atoms with Gasteiger partial charge in [0.2, 0.25) is 0 Å². The fraction of sp³-hybridized carbons (Fsp3) is 0.214. The number of nitrogens with zero attached hydrogens (tertiary/aromatic N) is 2. The van der Waals surface area contributed by atoms with Gasteiger partial charge in [0.05, 0.1) is 17.3 Å². The van der Waals surface area contributed by atoms with E-state index in [4.69, 9.17) is 17.3 Å². The summed E-state index contributed by atoms with van der Waals surface area (Å²) in [7, 11) is 2.01. The van der Waals surface area contributed by atoms with E-state index in [2.05, 4.69) is 35.0 Å². The largest absolute Gasteiger partial charge is 0.384 e. The number of nitrogens with two attached hydrogens (primary N) is 1. The Bertz CT molecular complexity index is 554. The first-order chi connectivity index (χ1) is 8.56. The van der Waals surface area contributed by atoms with Gasteiger partial charge in [-0.3, -0.25) is 0 Å². The summed E-state index contributed by atoms with van der Waals surface area (Å²) in [6.07, 6.45) is 0. The lowest BCUT2D eigenvalue weighted by Gasteiger charge is -2.20. The Kier molecular flexibility index (Phi) is 3.72. The first-order valence-corrected chi connectivity index (χ1v) is 6.13. The highest BCUT2D eigenvalue weighted by Gasteiger charge is 2.07. The van der Waals surface area contributed by atoms with Crippen LogP contribution in [0.3, 0.4) is 0 Å². The monoisotopic (exact) mass is 261 g/mol. The Labute approximate surface area is 112 Å². The van der Waals surface area contributed by atoms with E-state index in [1.165, 1.54) is 5.56 Å². The van der Waals surface area contributed by atoms with Gasteiger partial charge >= 0.3 is 0 Å². The molecule has 3 nitrogen and oxygen atoms in total. The molecule has 0 aliphatic carbocycles. The van der Waals surface area contributed by atoms with Crippen molar-refractivity contribution >= 4 is 23.1 Å². The summed E-state index contributed by atoms with van der Waals surface area (Å²) in [5.74, 6) is 0.493. The maximum absolute atomic E-state index is 6.11. The predicted molar refractivity (Wildman–Crippen MR) is 76.9 cm³/mol. The quantitative estimate of drug-likeness (QED) is 0.922. The van der Waals surface area contributed by atoms with Crippen molar-refractivity contribution in [3.63, 3.8) is 0 Å². The first-order valence-electron chi connectivity index (χ1n) is 5.75. The predicted octanol–water partition coefficient (Wildman–Crippen LogP) is 3.26. The average molecular weight is 262 g/mol. The van der Waals surface area contributed by atoms with E-state index in [-0.39, 0.29) is 0 Å². The summed E-state index contributed by atoms with van der Waals surface area (Å²) in [6.45, 7) is 2.70. The molecule has 2 rings (SSSR count). The van der Waals surface area contributed by atoms with Crippen LogP contribution in [0.4, 0.5) is 11.5 Å². The maximum atomic E-state index is 6.11. The van der Waals surface area contributed by atoms with Gasteiger partial charge in [-0.15, -0.1) is 0 Å². The molecular weight excluding hydrogens is 246 g/mol. The topological polar surface area (TPSA) is 42.2 Å². The lowest BCUT2D eigenvalue weighted by atomic mass is 10.2. The molecule has 0 aliphatic heterocycles. The molecule has 0 spiro atoms. The molecule has 94 valence electrons. The molecule has 1 aromatic carbocycles. The normalized spacial score (nSPS) is 10.4. The van der Waals surface area contributed by atoms with Gasteiger partial charge in [-0.05, 0) is 36.8 Å². The van der Waals surface area contributed by atoms with Crippen LogP contribution in [-0.2, 0) is 6.54 Å². The van der Waals surface area contributed by atoms with Crippen molar-refractivity contribution in [3.05, 3.63) is 52.7 Å². The molecule has 4 heteroatoms. The third kappa shape index (κ3) is 2.93. The SMILES string of the molecule is Cc1cccc(N(C)Cc2nc(N)ccc2Cl)c1. The van der Waals surface area contributed by atoms with Gasteiger partial charge in [-0.25, -0.2) is 4.98 Å². The van der Waals surface area contributed by atoms with Crippen LogP contribution in [0.5, 0.6) is 0 Å². The first kappa shape index (κ1) is 12.7. The molecule has 0 bridgehead atoms. The number of pyridine rings is 1. The van der Waals surface area contributed by atoms with Gasteiger partial charge in [0, 0.05) is 12.7 Å². The van der Waals surface area contributed by atoms with E-state index in [1.54, 1.807) is 12.1 Å². The summed E-state index contributed by atoms with van der Waals surface area (Å²) in [4.78, 5) is 6.36. The number of halogens is 1. The highest BCUT2D eigenvalue weighted by molar-refractivity contribution is 6.31. The van der Waals surface area contributed by atoms with Crippen molar-refractivity contribution < 1.29 is 0 Å². The summed E-state index contributed by atoms with van der Waals surface area (Å²) in [6, 6.07) is 11.8. The van der Waals surface area contributed by atoms with E-state index in [1.807, 2.05) is 13.1 Å². The number of aromatic nitrogens is 1. The third-order valence-corrected chi connectivity index (χ3v) is 3.11. The van der Waals surface area contributed by atoms with Crippen molar-refractivity contribution in [1.82, 2.24) is 4.98 Å². The Balaban J connectivity index is 2.21. The number of hydrogen-bond acceptors (Lipinski definition) is 3. The molecular formula is C14H16ClN3. The van der Waals surface area contributed by atoms with Gasteiger partial charge in [0.25, 0.3) is 0 Å². The minimum atomic E-state index is 0.493. The van der Waals surface area contributed by atoms with Crippen molar-refractivity contribution in [2.75, 3.05) is 17.7 Å². The molecule has 0 saturated carbocycles. The molecule has 0 amide bonds. The van der Waals surface area contributed by atoms with E-state index < -0.39 is 0 Å². The average Bonchev–Trinajstić information content (AvgIpc) is 2.34. The lowest BCUT2D eigenvalue weighted by Crippen LogP contribution is -2.18. The Morgan fingerprint density at radius 1 is 1.28 bits per heavy atom. The Morgan fingerprint density at radius 3 is 2.78 bits per heavy atom. The summed E-state index contributed by atoms with van der Waals surface area (Å²) in [5, 5.41) is 0.642. The molecule has 2 N–H and O–H groups in total. The second-order valence-corrected chi connectivity index (χ2v) is 4.77. The molecule has 0 aliphatic rings. The Hall–Kier alpha value is -1.74. The zero-order valence-corrected chi connectivity index (χ0v) is 11.3. The molecule has 0 atom stereocenters. The van der Waals surface area contributed by atoms with E-state index in [0.717, 1.165) is 11.4 Å². The van der Waals surface area contributed by atoms with Crippen LogP contribution in [0.15, 0.2) is 36.4 Å². The number of rotatable bonds is 3.